The maximum atomic E-state index is 12.6. The Bertz CT molecular complexity index is 864. The van der Waals surface area contributed by atoms with E-state index < -0.39 is 36.5 Å². The van der Waals surface area contributed by atoms with Crippen molar-refractivity contribution in [2.45, 2.75) is 76.7 Å². The minimum atomic E-state index is -0.927. The second-order valence-electron chi connectivity index (χ2n) is 7.79. The van der Waals surface area contributed by atoms with Crippen LogP contribution in [0.2, 0.25) is 0 Å². The van der Waals surface area contributed by atoms with E-state index in [4.69, 9.17) is 19.3 Å². The van der Waals surface area contributed by atoms with Crippen LogP contribution in [0.15, 0.2) is 30.5 Å². The van der Waals surface area contributed by atoms with E-state index in [9.17, 15) is 14.7 Å². The Morgan fingerprint density at radius 2 is 2.07 bits per heavy atom. The van der Waals surface area contributed by atoms with Gasteiger partial charge in [0.1, 0.15) is 12.2 Å². The first-order valence-electron chi connectivity index (χ1n) is 10.3. The molecule has 0 bridgehead atoms. The second-order valence-corrected chi connectivity index (χ2v) is 7.79. The number of carboxylic acids is 1. The number of rotatable bonds is 9. The molecule has 2 aromatic rings. The van der Waals surface area contributed by atoms with Gasteiger partial charge >= 0.3 is 11.9 Å². The monoisotopic (exact) mass is 419 g/mol. The fourth-order valence-electron chi connectivity index (χ4n) is 3.64. The molecule has 0 unspecified atom stereocenters. The van der Waals surface area contributed by atoms with E-state index in [0.717, 1.165) is 17.3 Å². The van der Waals surface area contributed by atoms with E-state index in [1.54, 1.807) is 13.1 Å². The van der Waals surface area contributed by atoms with Crippen molar-refractivity contribution in [3.8, 4) is 0 Å². The van der Waals surface area contributed by atoms with Gasteiger partial charge in [0.25, 0.3) is 0 Å². The van der Waals surface area contributed by atoms with E-state index >= 15 is 0 Å². The van der Waals surface area contributed by atoms with Crippen molar-refractivity contribution >= 4 is 22.8 Å². The molecule has 2 heterocycles. The number of carboxylic acid groups (broad SMARTS) is 1. The molecular weight excluding hydrogens is 390 g/mol. The summed E-state index contributed by atoms with van der Waals surface area (Å²) < 4.78 is 17.2. The molecule has 164 valence electrons. The SMILES string of the molecule is C[C@H](CCCCC(=O)O)O[C@@H]1O[C@@H](C)[C@H](OC(=O)c2c[nH]c3ccccc23)C[C@H]1O. The van der Waals surface area contributed by atoms with E-state index in [1.165, 1.54) is 0 Å². The molecular formula is C22H29NO7. The molecule has 0 aliphatic carbocycles. The van der Waals surface area contributed by atoms with Crippen LogP contribution in [-0.4, -0.2) is 57.8 Å². The Labute approximate surface area is 175 Å². The van der Waals surface area contributed by atoms with Crippen molar-refractivity contribution < 1.29 is 34.0 Å². The van der Waals surface area contributed by atoms with Crippen LogP contribution < -0.4 is 0 Å². The molecule has 1 aromatic heterocycles. The van der Waals surface area contributed by atoms with Crippen LogP contribution in [0.25, 0.3) is 10.9 Å². The third-order valence-electron chi connectivity index (χ3n) is 5.35. The van der Waals surface area contributed by atoms with Gasteiger partial charge in [-0.25, -0.2) is 4.79 Å². The Morgan fingerprint density at radius 3 is 2.83 bits per heavy atom. The Morgan fingerprint density at radius 1 is 1.30 bits per heavy atom. The Balaban J connectivity index is 1.50. The molecule has 1 saturated heterocycles. The fourth-order valence-corrected chi connectivity index (χ4v) is 3.64. The average Bonchev–Trinajstić information content (AvgIpc) is 3.13. The van der Waals surface area contributed by atoms with E-state index in [1.807, 2.05) is 31.2 Å². The van der Waals surface area contributed by atoms with E-state index in [2.05, 4.69) is 4.98 Å². The highest BCUT2D eigenvalue weighted by molar-refractivity contribution is 6.04. The lowest BCUT2D eigenvalue weighted by Gasteiger charge is -2.38. The summed E-state index contributed by atoms with van der Waals surface area (Å²) in [6.45, 7) is 3.65. The summed E-state index contributed by atoms with van der Waals surface area (Å²) in [5.41, 5.74) is 1.30. The van der Waals surface area contributed by atoms with Crippen molar-refractivity contribution in [3.05, 3.63) is 36.0 Å². The van der Waals surface area contributed by atoms with Gasteiger partial charge in [-0.1, -0.05) is 24.6 Å². The van der Waals surface area contributed by atoms with Crippen LogP contribution in [0.1, 0.15) is 56.3 Å². The van der Waals surface area contributed by atoms with Gasteiger partial charge in [0, 0.05) is 29.9 Å². The van der Waals surface area contributed by atoms with Crippen molar-refractivity contribution in [3.63, 3.8) is 0 Å². The van der Waals surface area contributed by atoms with Crippen LogP contribution in [0.4, 0.5) is 0 Å². The smallest absolute Gasteiger partial charge is 0.340 e. The lowest BCUT2D eigenvalue weighted by Crippen LogP contribution is -2.49. The summed E-state index contributed by atoms with van der Waals surface area (Å²) in [5.74, 6) is -1.28. The number of hydrogen-bond donors (Lipinski definition) is 3. The summed E-state index contributed by atoms with van der Waals surface area (Å²) in [5, 5.41) is 19.9. The van der Waals surface area contributed by atoms with E-state index in [-0.39, 0.29) is 18.9 Å². The van der Waals surface area contributed by atoms with Gasteiger partial charge in [0.2, 0.25) is 0 Å². The highest BCUT2D eigenvalue weighted by atomic mass is 16.7. The summed E-state index contributed by atoms with van der Waals surface area (Å²) in [6, 6.07) is 7.47. The molecule has 1 aliphatic heterocycles. The molecule has 1 fully saturated rings. The lowest BCUT2D eigenvalue weighted by atomic mass is 10.0. The third-order valence-corrected chi connectivity index (χ3v) is 5.35. The number of fused-ring (bicyclic) bond motifs is 1. The van der Waals surface area contributed by atoms with Crippen LogP contribution in [-0.2, 0) is 19.0 Å². The molecule has 1 aromatic carbocycles. The number of aromatic amines is 1. The van der Waals surface area contributed by atoms with E-state index in [0.29, 0.717) is 18.4 Å². The number of para-hydroxylation sites is 1. The molecule has 5 atom stereocenters. The number of unbranched alkanes of at least 4 members (excludes halogenated alkanes) is 1. The molecule has 8 heteroatoms. The number of benzene rings is 1. The number of carbonyl (C=O) groups is 2. The molecule has 1 aliphatic rings. The first-order chi connectivity index (χ1) is 14.3. The van der Waals surface area contributed by atoms with Crippen molar-refractivity contribution in [2.24, 2.45) is 0 Å². The van der Waals surface area contributed by atoms with Gasteiger partial charge in [-0.15, -0.1) is 0 Å². The van der Waals surface area contributed by atoms with Crippen molar-refractivity contribution in [2.75, 3.05) is 0 Å². The molecule has 0 spiro atoms. The number of nitrogens with one attached hydrogen (secondary N) is 1. The molecule has 3 N–H and O–H groups in total. The standard InChI is InChI=1S/C22H29NO7/c1-13(7-3-6-10-20(25)26)28-22-18(24)11-19(14(2)29-22)30-21(27)16-12-23-17-9-5-4-8-15(16)17/h4-5,8-9,12-14,18-19,22-24H,3,6-7,10-11H2,1-2H3,(H,25,26)/t13-,14+,18-,19-,22-/m1/s1. The van der Waals surface area contributed by atoms with Crippen LogP contribution in [0.5, 0.6) is 0 Å². The normalized spacial score (nSPS) is 25.2. The Kier molecular flexibility index (Phi) is 7.47. The quantitative estimate of drug-likeness (QED) is 0.422. The van der Waals surface area contributed by atoms with Gasteiger partial charge < -0.3 is 29.4 Å². The Hall–Kier alpha value is -2.42. The molecule has 3 rings (SSSR count). The number of H-pyrrole nitrogens is 1. The molecule has 0 saturated carbocycles. The molecule has 30 heavy (non-hydrogen) atoms. The predicted octanol–water partition coefficient (Wildman–Crippen LogP) is 3.24. The highest BCUT2D eigenvalue weighted by Gasteiger charge is 2.38. The van der Waals surface area contributed by atoms with Crippen LogP contribution in [0, 0.1) is 0 Å². The molecule has 8 nitrogen and oxygen atoms in total. The fraction of sp³-hybridized carbons (Fsp3) is 0.545. The second kappa shape index (κ2) is 10.1. The van der Waals surface area contributed by atoms with Crippen LogP contribution >= 0.6 is 0 Å². The number of esters is 1. The van der Waals surface area contributed by atoms with Gasteiger partial charge in [-0.05, 0) is 32.8 Å². The highest BCUT2D eigenvalue weighted by Crippen LogP contribution is 2.27. The number of ether oxygens (including phenoxy) is 3. The number of aliphatic hydroxyl groups excluding tert-OH is 1. The summed E-state index contributed by atoms with van der Waals surface area (Å²) in [6.07, 6.45) is 0.996. The van der Waals surface area contributed by atoms with Gasteiger partial charge in [0.05, 0.1) is 17.8 Å². The van der Waals surface area contributed by atoms with Crippen LogP contribution in [0.3, 0.4) is 0 Å². The predicted molar refractivity (Wildman–Crippen MR) is 109 cm³/mol. The zero-order valence-electron chi connectivity index (χ0n) is 17.2. The third kappa shape index (κ3) is 5.59. The lowest BCUT2D eigenvalue weighted by molar-refractivity contribution is -0.273. The number of carbonyl (C=O) groups excluding carboxylic acids is 1. The zero-order valence-corrected chi connectivity index (χ0v) is 17.2. The van der Waals surface area contributed by atoms with Gasteiger partial charge in [-0.3, -0.25) is 4.79 Å². The minimum Gasteiger partial charge on any atom is -0.481 e. The summed E-state index contributed by atoms with van der Waals surface area (Å²) in [4.78, 5) is 26.3. The van der Waals surface area contributed by atoms with Gasteiger partial charge in [-0.2, -0.15) is 0 Å². The zero-order chi connectivity index (χ0) is 21.7. The first-order valence-corrected chi connectivity index (χ1v) is 10.3. The average molecular weight is 419 g/mol. The number of aliphatic carboxylic acids is 1. The number of aromatic nitrogens is 1. The molecule has 0 amide bonds. The summed E-state index contributed by atoms with van der Waals surface area (Å²) in [7, 11) is 0. The maximum Gasteiger partial charge on any atom is 0.340 e. The molecule has 0 radical (unpaired) electrons. The number of hydrogen-bond acceptors (Lipinski definition) is 6. The maximum absolute atomic E-state index is 12.6. The van der Waals surface area contributed by atoms with Crippen molar-refractivity contribution in [1.82, 2.24) is 4.98 Å². The largest absolute Gasteiger partial charge is 0.481 e. The topological polar surface area (TPSA) is 118 Å². The minimum absolute atomic E-state index is 0.135. The number of aliphatic hydroxyl groups is 1. The van der Waals surface area contributed by atoms with Crippen molar-refractivity contribution in [1.29, 1.82) is 0 Å². The van der Waals surface area contributed by atoms with Gasteiger partial charge in [0.15, 0.2) is 6.29 Å². The summed E-state index contributed by atoms with van der Waals surface area (Å²) >= 11 is 0. The first kappa shape index (κ1) is 22.3.